The predicted molar refractivity (Wildman–Crippen MR) is 98.2 cm³/mol. The van der Waals surface area contributed by atoms with Crippen molar-refractivity contribution in [1.82, 2.24) is 4.90 Å². The highest BCUT2D eigenvalue weighted by molar-refractivity contribution is 6.26. The van der Waals surface area contributed by atoms with Crippen LogP contribution in [0.15, 0.2) is 54.6 Å². The zero-order valence-corrected chi connectivity index (χ0v) is 14.3. The minimum absolute atomic E-state index is 0.0323. The molecule has 1 aliphatic heterocycles. The minimum Gasteiger partial charge on any atom is -0.457 e. The van der Waals surface area contributed by atoms with E-state index in [4.69, 9.17) is 4.74 Å². The van der Waals surface area contributed by atoms with Crippen LogP contribution < -0.4 is 4.74 Å². The Morgan fingerprint density at radius 1 is 0.963 bits per heavy atom. The molecule has 0 saturated heterocycles. The van der Waals surface area contributed by atoms with Crippen molar-refractivity contribution in [2.45, 2.75) is 6.92 Å². The lowest BCUT2D eigenvalue weighted by atomic mass is 9.93. The number of hydrogen-bond donors (Lipinski definition) is 0. The second-order valence-corrected chi connectivity index (χ2v) is 6.05. The van der Waals surface area contributed by atoms with Gasteiger partial charge >= 0.3 is 0 Å². The third-order valence-electron chi connectivity index (χ3n) is 4.54. The van der Waals surface area contributed by atoms with Crippen molar-refractivity contribution in [3.05, 3.63) is 75.8 Å². The van der Waals surface area contributed by atoms with Crippen LogP contribution in [0.1, 0.15) is 27.6 Å². The van der Waals surface area contributed by atoms with Crippen LogP contribution >= 0.6 is 0 Å². The summed E-state index contributed by atoms with van der Waals surface area (Å²) in [6, 6.07) is 14.2. The standard InChI is InChI=1S/C20H14N2O5/c1-2-21-19(23)15-5-3-4-14-17(11-10-16(18(14)15)20(21)24)27-13-8-6-12(7-9-13)22(25)26/h3-11H,2H2,1H3. The van der Waals surface area contributed by atoms with Gasteiger partial charge in [0.1, 0.15) is 11.5 Å². The molecule has 1 heterocycles. The molecule has 0 N–H and O–H groups in total. The van der Waals surface area contributed by atoms with E-state index in [0.29, 0.717) is 39.9 Å². The lowest BCUT2D eigenvalue weighted by Gasteiger charge is -2.26. The minimum atomic E-state index is -0.483. The Hall–Kier alpha value is -3.74. The van der Waals surface area contributed by atoms with Gasteiger partial charge in [-0.1, -0.05) is 12.1 Å². The van der Waals surface area contributed by atoms with Gasteiger partial charge in [-0.15, -0.1) is 0 Å². The van der Waals surface area contributed by atoms with Gasteiger partial charge < -0.3 is 4.74 Å². The van der Waals surface area contributed by atoms with Crippen LogP contribution in [0.4, 0.5) is 5.69 Å². The number of non-ortho nitro benzene ring substituents is 1. The summed E-state index contributed by atoms with van der Waals surface area (Å²) in [6.07, 6.45) is 0. The van der Waals surface area contributed by atoms with E-state index in [2.05, 4.69) is 0 Å². The van der Waals surface area contributed by atoms with Gasteiger partial charge in [0.15, 0.2) is 0 Å². The summed E-state index contributed by atoms with van der Waals surface area (Å²) in [6.45, 7) is 2.06. The Kier molecular flexibility index (Phi) is 3.84. The molecule has 7 nitrogen and oxygen atoms in total. The Balaban J connectivity index is 1.82. The Morgan fingerprint density at radius 3 is 2.26 bits per heavy atom. The molecule has 7 heteroatoms. The van der Waals surface area contributed by atoms with Crippen LogP contribution in [-0.4, -0.2) is 28.2 Å². The molecule has 4 rings (SSSR count). The molecular formula is C20H14N2O5. The van der Waals surface area contributed by atoms with Crippen molar-refractivity contribution in [2.24, 2.45) is 0 Å². The number of nitro groups is 1. The maximum Gasteiger partial charge on any atom is 0.269 e. The van der Waals surface area contributed by atoms with Gasteiger partial charge in [0.2, 0.25) is 0 Å². The highest BCUT2D eigenvalue weighted by Crippen LogP contribution is 2.37. The summed E-state index contributed by atoms with van der Waals surface area (Å²) in [5.74, 6) is 0.237. The Labute approximate surface area is 153 Å². The van der Waals surface area contributed by atoms with Crippen molar-refractivity contribution >= 4 is 28.3 Å². The fraction of sp³-hybridized carbons (Fsp3) is 0.100. The largest absolute Gasteiger partial charge is 0.457 e. The van der Waals surface area contributed by atoms with E-state index < -0.39 is 4.92 Å². The SMILES string of the molecule is CCN1C(=O)c2cccc3c(Oc4ccc([N+](=O)[O-])cc4)ccc(c23)C1=O. The fourth-order valence-electron chi connectivity index (χ4n) is 3.26. The van der Waals surface area contributed by atoms with Gasteiger partial charge in [-0.3, -0.25) is 24.6 Å². The first-order valence-electron chi connectivity index (χ1n) is 8.35. The second kappa shape index (κ2) is 6.21. The normalized spacial score (nSPS) is 13.1. The first-order chi connectivity index (χ1) is 13.0. The molecule has 0 aliphatic carbocycles. The van der Waals surface area contributed by atoms with Crippen molar-refractivity contribution in [3.8, 4) is 11.5 Å². The first-order valence-corrected chi connectivity index (χ1v) is 8.35. The number of rotatable bonds is 4. The molecule has 0 spiro atoms. The summed E-state index contributed by atoms with van der Waals surface area (Å²) in [4.78, 5) is 36.7. The molecule has 134 valence electrons. The van der Waals surface area contributed by atoms with Gasteiger partial charge in [0.05, 0.1) is 4.92 Å². The summed E-state index contributed by atoms with van der Waals surface area (Å²) in [5, 5.41) is 12.0. The summed E-state index contributed by atoms with van der Waals surface area (Å²) in [7, 11) is 0. The van der Waals surface area contributed by atoms with Crippen LogP contribution in [0, 0.1) is 10.1 Å². The molecule has 0 saturated carbocycles. The molecule has 0 aromatic heterocycles. The third kappa shape index (κ3) is 2.60. The highest BCUT2D eigenvalue weighted by Gasteiger charge is 2.32. The number of amides is 2. The van der Waals surface area contributed by atoms with E-state index in [9.17, 15) is 19.7 Å². The number of carbonyl (C=O) groups excluding carboxylic acids is 2. The molecule has 27 heavy (non-hydrogen) atoms. The summed E-state index contributed by atoms with van der Waals surface area (Å²) < 4.78 is 5.87. The number of nitrogens with zero attached hydrogens (tertiary/aromatic N) is 2. The van der Waals surface area contributed by atoms with Gasteiger partial charge in [-0.05, 0) is 37.3 Å². The van der Waals surface area contributed by atoms with Crippen LogP contribution in [0.2, 0.25) is 0 Å². The van der Waals surface area contributed by atoms with Crippen LogP contribution in [0.3, 0.4) is 0 Å². The molecule has 2 amide bonds. The van der Waals surface area contributed by atoms with E-state index in [0.717, 1.165) is 0 Å². The quantitative estimate of drug-likeness (QED) is 0.395. The van der Waals surface area contributed by atoms with Crippen molar-refractivity contribution in [2.75, 3.05) is 6.54 Å². The summed E-state index contributed by atoms with van der Waals surface area (Å²) in [5.41, 5.74) is 0.881. The molecule has 3 aromatic carbocycles. The smallest absolute Gasteiger partial charge is 0.269 e. The number of ether oxygens (including phenoxy) is 1. The Bertz CT molecular complexity index is 1080. The molecule has 3 aromatic rings. The van der Waals surface area contributed by atoms with Gasteiger partial charge in [0, 0.05) is 40.6 Å². The molecule has 0 radical (unpaired) electrons. The van der Waals surface area contributed by atoms with E-state index in [-0.39, 0.29) is 17.5 Å². The highest BCUT2D eigenvalue weighted by atomic mass is 16.6. The topological polar surface area (TPSA) is 89.8 Å². The zero-order valence-electron chi connectivity index (χ0n) is 14.3. The monoisotopic (exact) mass is 362 g/mol. The van der Waals surface area contributed by atoms with Crippen LogP contribution in [0.5, 0.6) is 11.5 Å². The first kappa shape index (κ1) is 16.7. The van der Waals surface area contributed by atoms with Crippen LogP contribution in [-0.2, 0) is 0 Å². The molecule has 0 bridgehead atoms. The van der Waals surface area contributed by atoms with Gasteiger partial charge in [0.25, 0.3) is 17.5 Å². The van der Waals surface area contributed by atoms with E-state index in [1.54, 1.807) is 37.3 Å². The Morgan fingerprint density at radius 2 is 1.63 bits per heavy atom. The van der Waals surface area contributed by atoms with Gasteiger partial charge in [-0.2, -0.15) is 0 Å². The number of benzene rings is 3. The number of nitro benzene ring substituents is 1. The van der Waals surface area contributed by atoms with Crippen molar-refractivity contribution < 1.29 is 19.2 Å². The van der Waals surface area contributed by atoms with E-state index in [1.807, 2.05) is 0 Å². The average molecular weight is 362 g/mol. The molecule has 0 unspecified atom stereocenters. The maximum absolute atomic E-state index is 12.6. The summed E-state index contributed by atoms with van der Waals surface area (Å²) >= 11 is 0. The van der Waals surface area contributed by atoms with E-state index >= 15 is 0 Å². The molecular weight excluding hydrogens is 348 g/mol. The van der Waals surface area contributed by atoms with Crippen molar-refractivity contribution in [1.29, 1.82) is 0 Å². The zero-order chi connectivity index (χ0) is 19.1. The van der Waals surface area contributed by atoms with Gasteiger partial charge in [-0.25, -0.2) is 0 Å². The lowest BCUT2D eigenvalue weighted by molar-refractivity contribution is -0.384. The van der Waals surface area contributed by atoms with Crippen LogP contribution in [0.25, 0.3) is 10.8 Å². The predicted octanol–water partition coefficient (Wildman–Crippen LogP) is 4.16. The molecule has 1 aliphatic rings. The third-order valence-corrected chi connectivity index (χ3v) is 4.54. The maximum atomic E-state index is 12.6. The fourth-order valence-corrected chi connectivity index (χ4v) is 3.26. The lowest BCUT2D eigenvalue weighted by Crippen LogP contribution is -2.40. The molecule has 0 atom stereocenters. The number of carbonyl (C=O) groups is 2. The number of imide groups is 1. The second-order valence-electron chi connectivity index (χ2n) is 6.05. The average Bonchev–Trinajstić information content (AvgIpc) is 2.67. The van der Waals surface area contributed by atoms with Crippen molar-refractivity contribution in [3.63, 3.8) is 0 Å². The number of hydrogen-bond acceptors (Lipinski definition) is 5. The molecule has 0 fully saturated rings. The van der Waals surface area contributed by atoms with E-state index in [1.165, 1.54) is 29.2 Å².